The topological polar surface area (TPSA) is 107 Å². The molecular formula is C21H32O7S. The first-order valence-electron chi connectivity index (χ1n) is 10.2. The monoisotopic (exact) mass is 428 g/mol. The van der Waals surface area contributed by atoms with Crippen molar-refractivity contribution in [1.29, 1.82) is 0 Å². The van der Waals surface area contributed by atoms with Gasteiger partial charge in [-0.25, -0.2) is 9.59 Å². The van der Waals surface area contributed by atoms with Gasteiger partial charge in [0.1, 0.15) is 0 Å². The van der Waals surface area contributed by atoms with E-state index in [1.165, 1.54) is 37.8 Å². The van der Waals surface area contributed by atoms with E-state index in [4.69, 9.17) is 14.0 Å². The van der Waals surface area contributed by atoms with Gasteiger partial charge in [0.25, 0.3) is 10.1 Å². The SMILES string of the molecule is CCCCCCCCCOC(=O)c1ccccc1C(=O)OCCCCS(=O)(=O)O. The Morgan fingerprint density at radius 3 is 1.72 bits per heavy atom. The minimum atomic E-state index is -4.02. The molecule has 0 aliphatic rings. The van der Waals surface area contributed by atoms with Crippen molar-refractivity contribution in [2.75, 3.05) is 19.0 Å². The minimum Gasteiger partial charge on any atom is -0.462 e. The Hall–Kier alpha value is -1.93. The van der Waals surface area contributed by atoms with Crippen LogP contribution in [0.15, 0.2) is 24.3 Å². The molecular weight excluding hydrogens is 396 g/mol. The molecule has 0 amide bonds. The number of hydrogen-bond acceptors (Lipinski definition) is 6. The van der Waals surface area contributed by atoms with Crippen molar-refractivity contribution in [2.24, 2.45) is 0 Å². The van der Waals surface area contributed by atoms with E-state index in [0.29, 0.717) is 6.61 Å². The predicted molar refractivity (Wildman–Crippen MR) is 111 cm³/mol. The maximum atomic E-state index is 12.3. The summed E-state index contributed by atoms with van der Waals surface area (Å²) in [7, 11) is -4.02. The zero-order valence-electron chi connectivity index (χ0n) is 17.1. The maximum absolute atomic E-state index is 12.3. The van der Waals surface area contributed by atoms with Crippen molar-refractivity contribution < 1.29 is 32.0 Å². The van der Waals surface area contributed by atoms with E-state index in [2.05, 4.69) is 6.92 Å². The highest BCUT2D eigenvalue weighted by molar-refractivity contribution is 7.85. The molecule has 0 radical (unpaired) electrons. The Labute approximate surface area is 173 Å². The van der Waals surface area contributed by atoms with E-state index in [1.54, 1.807) is 12.1 Å². The molecule has 7 nitrogen and oxygen atoms in total. The van der Waals surface area contributed by atoms with Gasteiger partial charge in [-0.1, -0.05) is 57.6 Å². The lowest BCUT2D eigenvalue weighted by Gasteiger charge is -2.10. The summed E-state index contributed by atoms with van der Waals surface area (Å²) in [4.78, 5) is 24.5. The number of unbranched alkanes of at least 4 members (excludes halogenated alkanes) is 7. The molecule has 0 atom stereocenters. The first kappa shape index (κ1) is 25.1. The van der Waals surface area contributed by atoms with Crippen molar-refractivity contribution in [3.05, 3.63) is 35.4 Å². The summed E-state index contributed by atoms with van der Waals surface area (Å²) in [6, 6.07) is 6.28. The van der Waals surface area contributed by atoms with Crippen LogP contribution in [-0.4, -0.2) is 43.9 Å². The molecule has 0 spiro atoms. The van der Waals surface area contributed by atoms with Crippen molar-refractivity contribution in [2.45, 2.75) is 64.7 Å². The maximum Gasteiger partial charge on any atom is 0.339 e. The van der Waals surface area contributed by atoms with Crippen molar-refractivity contribution >= 4 is 22.1 Å². The Bertz CT molecular complexity index is 728. The van der Waals surface area contributed by atoms with Gasteiger partial charge in [-0.3, -0.25) is 4.55 Å². The van der Waals surface area contributed by atoms with Crippen LogP contribution in [0.1, 0.15) is 85.4 Å². The third kappa shape index (κ3) is 11.6. The van der Waals surface area contributed by atoms with Crippen LogP contribution in [0.3, 0.4) is 0 Å². The van der Waals surface area contributed by atoms with Crippen LogP contribution >= 0.6 is 0 Å². The van der Waals surface area contributed by atoms with Gasteiger partial charge in [0.05, 0.1) is 30.1 Å². The van der Waals surface area contributed by atoms with Gasteiger partial charge in [0.15, 0.2) is 0 Å². The predicted octanol–water partition coefficient (Wildman–Crippen LogP) is 4.42. The number of carbonyl (C=O) groups is 2. The summed E-state index contributed by atoms with van der Waals surface area (Å²) < 4.78 is 40.4. The van der Waals surface area contributed by atoms with E-state index in [0.717, 1.165) is 19.3 Å². The molecule has 0 aliphatic heterocycles. The van der Waals surface area contributed by atoms with Crippen LogP contribution in [-0.2, 0) is 19.6 Å². The zero-order valence-corrected chi connectivity index (χ0v) is 17.9. The molecule has 0 saturated heterocycles. The van der Waals surface area contributed by atoms with Crippen molar-refractivity contribution in [1.82, 2.24) is 0 Å². The quantitative estimate of drug-likeness (QED) is 0.250. The summed E-state index contributed by atoms with van der Waals surface area (Å²) in [6.45, 7) is 2.48. The van der Waals surface area contributed by atoms with Gasteiger partial charge in [0.2, 0.25) is 0 Å². The summed E-state index contributed by atoms with van der Waals surface area (Å²) in [5, 5.41) is 0. The van der Waals surface area contributed by atoms with Gasteiger partial charge in [-0.2, -0.15) is 8.42 Å². The first-order chi connectivity index (χ1) is 13.8. The lowest BCUT2D eigenvalue weighted by Crippen LogP contribution is -2.15. The number of rotatable bonds is 15. The molecule has 0 heterocycles. The molecule has 0 saturated carbocycles. The molecule has 0 aromatic heterocycles. The summed E-state index contributed by atoms with van der Waals surface area (Å²) in [6.07, 6.45) is 8.28. The van der Waals surface area contributed by atoms with E-state index in [1.807, 2.05) is 0 Å². The zero-order chi connectivity index (χ0) is 21.5. The molecule has 8 heteroatoms. The van der Waals surface area contributed by atoms with Gasteiger partial charge in [-0.05, 0) is 31.4 Å². The fraction of sp³-hybridized carbons (Fsp3) is 0.619. The number of carbonyl (C=O) groups excluding carboxylic acids is 2. The molecule has 1 aromatic carbocycles. The number of ether oxygens (including phenoxy) is 2. The minimum absolute atomic E-state index is 0.00420. The van der Waals surface area contributed by atoms with Crippen LogP contribution in [0.2, 0.25) is 0 Å². The highest BCUT2D eigenvalue weighted by atomic mass is 32.2. The largest absolute Gasteiger partial charge is 0.462 e. The third-order valence-electron chi connectivity index (χ3n) is 4.38. The molecule has 164 valence electrons. The molecule has 0 aliphatic carbocycles. The summed E-state index contributed by atoms with van der Waals surface area (Å²) >= 11 is 0. The van der Waals surface area contributed by atoms with E-state index in [9.17, 15) is 18.0 Å². The van der Waals surface area contributed by atoms with Gasteiger partial charge in [-0.15, -0.1) is 0 Å². The van der Waals surface area contributed by atoms with Crippen LogP contribution in [0, 0.1) is 0 Å². The van der Waals surface area contributed by atoms with E-state index >= 15 is 0 Å². The second-order valence-corrected chi connectivity index (χ2v) is 8.50. The average molecular weight is 429 g/mol. The number of esters is 2. The average Bonchev–Trinajstić information content (AvgIpc) is 2.68. The van der Waals surface area contributed by atoms with E-state index < -0.39 is 22.1 Å². The Morgan fingerprint density at radius 1 is 0.793 bits per heavy atom. The molecule has 0 fully saturated rings. The second kappa shape index (κ2) is 14.1. The Kier molecular flexibility index (Phi) is 12.2. The van der Waals surface area contributed by atoms with Crippen LogP contribution in [0.25, 0.3) is 0 Å². The van der Waals surface area contributed by atoms with Crippen molar-refractivity contribution in [3.63, 3.8) is 0 Å². The lowest BCUT2D eigenvalue weighted by atomic mass is 10.1. The molecule has 0 bridgehead atoms. The molecule has 1 aromatic rings. The van der Waals surface area contributed by atoms with Gasteiger partial charge >= 0.3 is 11.9 Å². The van der Waals surface area contributed by atoms with Gasteiger partial charge in [0, 0.05) is 0 Å². The highest BCUT2D eigenvalue weighted by Crippen LogP contribution is 2.13. The van der Waals surface area contributed by atoms with Gasteiger partial charge < -0.3 is 9.47 Å². The molecule has 1 N–H and O–H groups in total. The lowest BCUT2D eigenvalue weighted by molar-refractivity contribution is 0.0451. The Morgan fingerprint density at radius 2 is 1.24 bits per heavy atom. The molecule has 29 heavy (non-hydrogen) atoms. The van der Waals surface area contributed by atoms with Crippen LogP contribution in [0.5, 0.6) is 0 Å². The van der Waals surface area contributed by atoms with Crippen molar-refractivity contribution in [3.8, 4) is 0 Å². The summed E-state index contributed by atoms with van der Waals surface area (Å²) in [5.74, 6) is -1.61. The Balaban J connectivity index is 2.39. The number of hydrogen-bond donors (Lipinski definition) is 1. The first-order valence-corrected chi connectivity index (χ1v) is 11.8. The normalized spacial score (nSPS) is 11.2. The smallest absolute Gasteiger partial charge is 0.339 e. The van der Waals surface area contributed by atoms with E-state index in [-0.39, 0.29) is 36.3 Å². The fourth-order valence-electron chi connectivity index (χ4n) is 2.77. The summed E-state index contributed by atoms with van der Waals surface area (Å²) in [5.41, 5.74) is 0.269. The third-order valence-corrected chi connectivity index (χ3v) is 5.18. The van der Waals surface area contributed by atoms with Crippen LogP contribution in [0.4, 0.5) is 0 Å². The second-order valence-electron chi connectivity index (χ2n) is 6.93. The molecule has 1 rings (SSSR count). The number of benzene rings is 1. The standard InChI is InChI=1S/C21H32O7S/c1-2-3-4-5-6-7-10-15-27-20(22)18-13-8-9-14-19(18)21(23)28-16-11-12-17-29(24,25)26/h8-9,13-14H,2-7,10-12,15-17H2,1H3,(H,24,25,26). The highest BCUT2D eigenvalue weighted by Gasteiger charge is 2.19. The fourth-order valence-corrected chi connectivity index (χ4v) is 3.34. The molecule has 0 unspecified atom stereocenters. The van der Waals surface area contributed by atoms with Crippen LogP contribution < -0.4 is 0 Å².